The lowest BCUT2D eigenvalue weighted by Gasteiger charge is -2.11. The summed E-state index contributed by atoms with van der Waals surface area (Å²) >= 11 is 0. The molecule has 21 heavy (non-hydrogen) atoms. The highest BCUT2D eigenvalue weighted by molar-refractivity contribution is 7.91. The molecule has 1 N–H and O–H groups in total. The molecule has 0 aromatic heterocycles. The third kappa shape index (κ3) is 4.42. The Balaban J connectivity index is 2.89. The third-order valence-electron chi connectivity index (χ3n) is 2.75. The van der Waals surface area contributed by atoms with Gasteiger partial charge in [0.15, 0.2) is 9.84 Å². The van der Waals surface area contributed by atoms with E-state index in [2.05, 4.69) is 0 Å². The second-order valence-corrected chi connectivity index (χ2v) is 7.18. The van der Waals surface area contributed by atoms with Gasteiger partial charge in [-0.2, -0.15) is 0 Å². The number of hydrogen-bond donors (Lipinski definition) is 1. The fraction of sp³-hybridized carbons (Fsp3) is 0.417. The second-order valence-electron chi connectivity index (χ2n) is 4.51. The molecule has 0 atom stereocenters. The Morgan fingerprint density at radius 1 is 1.43 bits per heavy atom. The fourth-order valence-electron chi connectivity index (χ4n) is 1.43. The average Bonchev–Trinajstić information content (AvgIpc) is 2.38. The number of benzene rings is 1. The van der Waals surface area contributed by atoms with E-state index in [1.54, 1.807) is 0 Å². The number of carboxylic acids is 1. The molecule has 8 nitrogen and oxygen atoms in total. The van der Waals surface area contributed by atoms with E-state index in [-0.39, 0.29) is 29.4 Å². The maximum Gasteiger partial charge on any atom is 0.339 e. The number of nitro benzene ring substituents is 1. The van der Waals surface area contributed by atoms with Gasteiger partial charge >= 0.3 is 5.97 Å². The first-order chi connectivity index (χ1) is 9.65. The maximum absolute atomic E-state index is 11.6. The zero-order valence-electron chi connectivity index (χ0n) is 11.5. The molecule has 0 bridgehead atoms. The minimum absolute atomic E-state index is 0.105. The summed E-state index contributed by atoms with van der Waals surface area (Å²) in [7, 11) is -3.30. The van der Waals surface area contributed by atoms with Gasteiger partial charge in [-0.3, -0.25) is 10.1 Å². The van der Waals surface area contributed by atoms with Crippen molar-refractivity contribution in [1.29, 1.82) is 0 Å². The number of aromatic carboxylic acids is 1. The van der Waals surface area contributed by atoms with E-state index in [1.807, 2.05) is 0 Å². The van der Waals surface area contributed by atoms with Gasteiger partial charge in [-0.05, 0) is 19.9 Å². The summed E-state index contributed by atoms with van der Waals surface area (Å²) in [5.74, 6) is -1.76. The Kier molecular flexibility index (Phi) is 5.25. The van der Waals surface area contributed by atoms with Crippen LogP contribution in [0, 0.1) is 10.1 Å². The van der Waals surface area contributed by atoms with Crippen LogP contribution in [-0.4, -0.2) is 42.0 Å². The molecule has 0 aliphatic carbocycles. The van der Waals surface area contributed by atoms with Gasteiger partial charge in [-0.15, -0.1) is 0 Å². The predicted octanol–water partition coefficient (Wildman–Crippen LogP) is 1.49. The molecule has 9 heteroatoms. The molecule has 0 heterocycles. The number of rotatable bonds is 7. The first kappa shape index (κ1) is 16.9. The fourth-order valence-corrected chi connectivity index (χ4v) is 2.22. The second kappa shape index (κ2) is 6.53. The number of nitrogens with zero attached hydrogens (tertiary/aromatic N) is 1. The molecular formula is C12H15NO7S. The van der Waals surface area contributed by atoms with E-state index >= 15 is 0 Å². The van der Waals surface area contributed by atoms with Crippen molar-refractivity contribution in [3.05, 3.63) is 33.9 Å². The smallest absolute Gasteiger partial charge is 0.339 e. The SMILES string of the molecule is CC(C)S(=O)(=O)CCOc1ccc([N+](=O)[O-])cc1C(=O)O. The summed E-state index contributed by atoms with van der Waals surface area (Å²) in [6.07, 6.45) is 0. The van der Waals surface area contributed by atoms with Gasteiger partial charge in [0.2, 0.25) is 0 Å². The van der Waals surface area contributed by atoms with Crippen molar-refractivity contribution >= 4 is 21.5 Å². The van der Waals surface area contributed by atoms with E-state index in [0.717, 1.165) is 18.2 Å². The summed E-state index contributed by atoms with van der Waals surface area (Å²) in [5.41, 5.74) is -0.763. The van der Waals surface area contributed by atoms with Crippen molar-refractivity contribution in [3.8, 4) is 5.75 Å². The van der Waals surface area contributed by atoms with Gasteiger partial charge in [-0.25, -0.2) is 13.2 Å². The topological polar surface area (TPSA) is 124 Å². The van der Waals surface area contributed by atoms with E-state index in [9.17, 15) is 23.3 Å². The van der Waals surface area contributed by atoms with E-state index in [0.29, 0.717) is 0 Å². The summed E-state index contributed by atoms with van der Waals surface area (Å²) in [4.78, 5) is 20.9. The van der Waals surface area contributed by atoms with Crippen LogP contribution in [0.15, 0.2) is 18.2 Å². The van der Waals surface area contributed by atoms with Gasteiger partial charge in [-0.1, -0.05) is 0 Å². The molecule has 0 amide bonds. The van der Waals surface area contributed by atoms with Crippen LogP contribution in [0.4, 0.5) is 5.69 Å². The Hall–Kier alpha value is -2.16. The lowest BCUT2D eigenvalue weighted by molar-refractivity contribution is -0.384. The highest BCUT2D eigenvalue weighted by Gasteiger charge is 2.19. The van der Waals surface area contributed by atoms with Gasteiger partial charge < -0.3 is 9.84 Å². The molecule has 1 aromatic carbocycles. The van der Waals surface area contributed by atoms with Crippen LogP contribution >= 0.6 is 0 Å². The molecule has 0 saturated heterocycles. The van der Waals surface area contributed by atoms with Crippen LogP contribution < -0.4 is 4.74 Å². The lowest BCUT2D eigenvalue weighted by Crippen LogP contribution is -2.22. The quantitative estimate of drug-likeness (QED) is 0.596. The van der Waals surface area contributed by atoms with Gasteiger partial charge in [0, 0.05) is 12.1 Å². The van der Waals surface area contributed by atoms with Crippen molar-refractivity contribution in [2.75, 3.05) is 12.4 Å². The number of ether oxygens (including phenoxy) is 1. The van der Waals surface area contributed by atoms with Crippen LogP contribution in [0.2, 0.25) is 0 Å². The summed E-state index contributed by atoms with van der Waals surface area (Å²) in [6, 6.07) is 3.11. The monoisotopic (exact) mass is 317 g/mol. The lowest BCUT2D eigenvalue weighted by atomic mass is 10.2. The number of nitro groups is 1. The van der Waals surface area contributed by atoms with Crippen molar-refractivity contribution in [3.63, 3.8) is 0 Å². The average molecular weight is 317 g/mol. The van der Waals surface area contributed by atoms with Crippen LogP contribution in [0.5, 0.6) is 5.75 Å². The molecule has 0 spiro atoms. The minimum Gasteiger partial charge on any atom is -0.492 e. The zero-order valence-corrected chi connectivity index (χ0v) is 12.3. The number of hydrogen-bond acceptors (Lipinski definition) is 6. The Bertz CT molecular complexity index is 652. The molecule has 0 fully saturated rings. The Morgan fingerprint density at radius 2 is 2.05 bits per heavy atom. The molecule has 0 aliphatic rings. The first-order valence-electron chi connectivity index (χ1n) is 6.01. The highest BCUT2D eigenvalue weighted by atomic mass is 32.2. The summed E-state index contributed by atoms with van der Waals surface area (Å²) in [6.45, 7) is 2.84. The molecule has 1 aromatic rings. The summed E-state index contributed by atoms with van der Waals surface area (Å²) < 4.78 is 28.3. The molecule has 0 aliphatic heterocycles. The number of non-ortho nitro benzene ring substituents is 1. The predicted molar refractivity (Wildman–Crippen MR) is 74.5 cm³/mol. The summed E-state index contributed by atoms with van der Waals surface area (Å²) in [5, 5.41) is 19.0. The van der Waals surface area contributed by atoms with Crippen molar-refractivity contribution in [2.45, 2.75) is 19.1 Å². The van der Waals surface area contributed by atoms with E-state index in [1.165, 1.54) is 13.8 Å². The standard InChI is InChI=1S/C12H15NO7S/c1-8(2)21(18,19)6-5-20-11-4-3-9(13(16)17)7-10(11)12(14)15/h3-4,7-8H,5-6H2,1-2H3,(H,14,15). The van der Waals surface area contributed by atoms with Crippen molar-refractivity contribution in [1.82, 2.24) is 0 Å². The highest BCUT2D eigenvalue weighted by Crippen LogP contribution is 2.24. The van der Waals surface area contributed by atoms with E-state index in [4.69, 9.17) is 9.84 Å². The van der Waals surface area contributed by atoms with E-state index < -0.39 is 26.0 Å². The maximum atomic E-state index is 11.6. The normalized spacial score (nSPS) is 11.4. The van der Waals surface area contributed by atoms with Gasteiger partial charge in [0.05, 0.1) is 15.9 Å². The van der Waals surface area contributed by atoms with Gasteiger partial charge in [0.1, 0.15) is 17.9 Å². The molecule has 0 radical (unpaired) electrons. The zero-order chi connectivity index (χ0) is 16.2. The molecule has 116 valence electrons. The minimum atomic E-state index is -3.30. The largest absolute Gasteiger partial charge is 0.492 e. The van der Waals surface area contributed by atoms with Crippen LogP contribution in [0.1, 0.15) is 24.2 Å². The van der Waals surface area contributed by atoms with Crippen molar-refractivity contribution < 1.29 is 28.0 Å². The first-order valence-corrected chi connectivity index (χ1v) is 7.73. The number of carboxylic acid groups (broad SMARTS) is 1. The number of carbonyl (C=O) groups is 1. The number of sulfone groups is 1. The van der Waals surface area contributed by atoms with Gasteiger partial charge in [0.25, 0.3) is 5.69 Å². The van der Waals surface area contributed by atoms with Crippen LogP contribution in [0.3, 0.4) is 0 Å². The third-order valence-corrected chi connectivity index (χ3v) is 4.92. The van der Waals surface area contributed by atoms with Crippen LogP contribution in [0.25, 0.3) is 0 Å². The van der Waals surface area contributed by atoms with Crippen LogP contribution in [-0.2, 0) is 9.84 Å². The Morgan fingerprint density at radius 3 is 2.52 bits per heavy atom. The molecule has 1 rings (SSSR count). The molecule has 0 unspecified atom stereocenters. The van der Waals surface area contributed by atoms with Crippen molar-refractivity contribution in [2.24, 2.45) is 0 Å². The molecular weight excluding hydrogens is 302 g/mol. The Labute approximate surface area is 121 Å². The molecule has 0 saturated carbocycles.